The molecule has 0 aromatic carbocycles. The number of hydrogen-bond donors (Lipinski definition) is 0. The average molecular weight is 350 g/mol. The summed E-state index contributed by atoms with van der Waals surface area (Å²) < 4.78 is 33.7. The van der Waals surface area contributed by atoms with Crippen LogP contribution in [0.3, 0.4) is 0 Å². The van der Waals surface area contributed by atoms with Gasteiger partial charge in [-0.1, -0.05) is 0 Å². The summed E-state index contributed by atoms with van der Waals surface area (Å²) in [6, 6.07) is 0. The Morgan fingerprint density at radius 2 is 1.36 bits per heavy atom. The Labute approximate surface area is 135 Å². The largest absolute Gasteiger partial charge is 0.465 e. The van der Waals surface area contributed by atoms with Gasteiger partial charge in [0.2, 0.25) is 0 Å². The standard InChI is InChI=1S/C14H22O6S2/c1-10(21(17)4-2-11-6-13(15)19-8-11)22(18)5-3-12-7-14(16)20-9-12/h10-12H,2-9H2,1H3. The first-order valence-electron chi connectivity index (χ1n) is 7.51. The van der Waals surface area contributed by atoms with Crippen LogP contribution < -0.4 is 0 Å². The van der Waals surface area contributed by atoms with E-state index in [4.69, 9.17) is 9.47 Å². The second-order valence-corrected chi connectivity index (χ2v) is 9.87. The lowest BCUT2D eigenvalue weighted by molar-refractivity contribution is -0.138. The van der Waals surface area contributed by atoms with Gasteiger partial charge >= 0.3 is 11.9 Å². The highest BCUT2D eigenvalue weighted by molar-refractivity contribution is 8.02. The molecule has 2 aliphatic heterocycles. The molecule has 0 amide bonds. The summed E-state index contributed by atoms with van der Waals surface area (Å²) in [7, 11) is -2.35. The van der Waals surface area contributed by atoms with Crippen molar-refractivity contribution in [2.75, 3.05) is 24.7 Å². The fraction of sp³-hybridized carbons (Fsp3) is 0.857. The summed E-state index contributed by atoms with van der Waals surface area (Å²) in [5.41, 5.74) is 0. The van der Waals surface area contributed by atoms with E-state index < -0.39 is 26.2 Å². The minimum absolute atomic E-state index is 0.138. The Bertz CT molecular complexity index is 436. The van der Waals surface area contributed by atoms with Crippen LogP contribution in [-0.4, -0.2) is 49.7 Å². The number of cyclic esters (lactones) is 2. The Morgan fingerprint density at radius 1 is 0.955 bits per heavy atom. The maximum absolute atomic E-state index is 12.2. The molecular formula is C14H22O6S2. The number of carbonyl (C=O) groups is 2. The predicted molar refractivity (Wildman–Crippen MR) is 82.8 cm³/mol. The van der Waals surface area contributed by atoms with E-state index in [0.29, 0.717) is 50.4 Å². The number of esters is 2. The number of ether oxygens (including phenoxy) is 2. The Morgan fingerprint density at radius 3 is 1.68 bits per heavy atom. The smallest absolute Gasteiger partial charge is 0.306 e. The van der Waals surface area contributed by atoms with Gasteiger partial charge in [-0.05, 0) is 19.8 Å². The van der Waals surface area contributed by atoms with E-state index in [0.717, 1.165) is 0 Å². The molecule has 0 radical (unpaired) electrons. The Hall–Kier alpha value is -0.760. The minimum atomic E-state index is -1.18. The molecule has 2 aliphatic rings. The van der Waals surface area contributed by atoms with E-state index in [-0.39, 0.29) is 23.8 Å². The lowest BCUT2D eigenvalue weighted by Gasteiger charge is -2.13. The highest BCUT2D eigenvalue weighted by atomic mass is 32.2. The maximum atomic E-state index is 12.2. The van der Waals surface area contributed by atoms with Crippen LogP contribution in [0.25, 0.3) is 0 Å². The highest BCUT2D eigenvalue weighted by Crippen LogP contribution is 2.21. The summed E-state index contributed by atoms with van der Waals surface area (Å²) >= 11 is 0. The SMILES string of the molecule is CC(S(=O)CCC1COC(=O)C1)S(=O)CCC1COC(=O)C1. The summed E-state index contributed by atoms with van der Waals surface area (Å²) in [5.74, 6) is 0.775. The molecule has 22 heavy (non-hydrogen) atoms. The zero-order chi connectivity index (χ0) is 16.1. The highest BCUT2D eigenvalue weighted by Gasteiger charge is 2.27. The molecule has 0 aromatic heterocycles. The van der Waals surface area contributed by atoms with Gasteiger partial charge in [0.15, 0.2) is 0 Å². The number of carbonyl (C=O) groups excluding carboxylic acids is 2. The molecule has 126 valence electrons. The lowest BCUT2D eigenvalue weighted by Crippen LogP contribution is -2.23. The third kappa shape index (κ3) is 5.15. The van der Waals surface area contributed by atoms with Crippen LogP contribution in [0.1, 0.15) is 32.6 Å². The van der Waals surface area contributed by atoms with Crippen molar-refractivity contribution >= 4 is 33.5 Å². The molecule has 4 unspecified atom stereocenters. The molecule has 4 atom stereocenters. The van der Waals surface area contributed by atoms with Gasteiger partial charge in [0.1, 0.15) is 4.58 Å². The number of rotatable bonds is 8. The van der Waals surface area contributed by atoms with Gasteiger partial charge in [-0.25, -0.2) is 0 Å². The Balaban J connectivity index is 1.66. The molecule has 2 fully saturated rings. The first-order valence-corrected chi connectivity index (χ1v) is 10.3. The van der Waals surface area contributed by atoms with Crippen molar-refractivity contribution in [1.82, 2.24) is 0 Å². The zero-order valence-corrected chi connectivity index (χ0v) is 14.3. The van der Waals surface area contributed by atoms with Crippen LogP contribution >= 0.6 is 0 Å². The monoisotopic (exact) mass is 350 g/mol. The van der Waals surface area contributed by atoms with Gasteiger partial charge in [-0.3, -0.25) is 18.0 Å². The van der Waals surface area contributed by atoms with Crippen LogP contribution in [0, 0.1) is 11.8 Å². The van der Waals surface area contributed by atoms with Gasteiger partial charge in [0, 0.05) is 44.9 Å². The molecule has 2 rings (SSSR count). The quantitative estimate of drug-likeness (QED) is 0.600. The van der Waals surface area contributed by atoms with E-state index in [1.54, 1.807) is 6.92 Å². The molecule has 0 N–H and O–H groups in total. The fourth-order valence-corrected chi connectivity index (χ4v) is 5.85. The number of hydrogen-bond acceptors (Lipinski definition) is 6. The molecule has 0 aromatic rings. The second-order valence-electron chi connectivity index (χ2n) is 5.82. The molecule has 2 saturated heterocycles. The van der Waals surface area contributed by atoms with E-state index >= 15 is 0 Å². The average Bonchev–Trinajstić information content (AvgIpc) is 3.09. The predicted octanol–water partition coefficient (Wildman–Crippen LogP) is 0.736. The topological polar surface area (TPSA) is 86.7 Å². The molecule has 6 nitrogen and oxygen atoms in total. The maximum Gasteiger partial charge on any atom is 0.306 e. The van der Waals surface area contributed by atoms with Crippen LogP contribution in [0.5, 0.6) is 0 Å². The van der Waals surface area contributed by atoms with Gasteiger partial charge in [0.05, 0.1) is 26.1 Å². The van der Waals surface area contributed by atoms with Crippen LogP contribution in [-0.2, 0) is 40.7 Å². The van der Waals surface area contributed by atoms with Crippen LogP contribution in [0.15, 0.2) is 0 Å². The fourth-order valence-electron chi connectivity index (χ4n) is 2.52. The molecule has 2 heterocycles. The summed E-state index contributed by atoms with van der Waals surface area (Å²) in [5, 5.41) is 0. The van der Waals surface area contributed by atoms with Gasteiger partial charge in [-0.2, -0.15) is 0 Å². The van der Waals surface area contributed by atoms with E-state index in [1.807, 2.05) is 0 Å². The van der Waals surface area contributed by atoms with E-state index in [1.165, 1.54) is 0 Å². The van der Waals surface area contributed by atoms with E-state index in [9.17, 15) is 18.0 Å². The first kappa shape index (κ1) is 17.6. The normalized spacial score (nSPS) is 29.0. The molecule has 0 aliphatic carbocycles. The van der Waals surface area contributed by atoms with Crippen molar-refractivity contribution in [2.24, 2.45) is 11.8 Å². The molecule has 8 heteroatoms. The minimum Gasteiger partial charge on any atom is -0.465 e. The molecule has 0 bridgehead atoms. The van der Waals surface area contributed by atoms with Gasteiger partial charge in [-0.15, -0.1) is 0 Å². The van der Waals surface area contributed by atoms with Crippen molar-refractivity contribution in [3.8, 4) is 0 Å². The molecule has 0 spiro atoms. The third-order valence-electron chi connectivity index (χ3n) is 4.07. The van der Waals surface area contributed by atoms with Crippen LogP contribution in [0.2, 0.25) is 0 Å². The lowest BCUT2D eigenvalue weighted by atomic mass is 10.1. The van der Waals surface area contributed by atoms with Crippen molar-refractivity contribution in [3.63, 3.8) is 0 Å². The second kappa shape index (κ2) is 8.19. The summed E-state index contributed by atoms with van der Waals surface area (Å²) in [6.45, 7) is 2.55. The third-order valence-corrected chi connectivity index (χ3v) is 8.11. The van der Waals surface area contributed by atoms with Crippen LogP contribution in [0.4, 0.5) is 0 Å². The molecule has 0 saturated carbocycles. The van der Waals surface area contributed by atoms with Crippen molar-refractivity contribution in [2.45, 2.75) is 37.2 Å². The zero-order valence-electron chi connectivity index (χ0n) is 12.7. The molecular weight excluding hydrogens is 328 g/mol. The summed E-state index contributed by atoms with van der Waals surface area (Å²) in [6.07, 6.45) is 2.10. The summed E-state index contributed by atoms with van der Waals surface area (Å²) in [4.78, 5) is 22.0. The van der Waals surface area contributed by atoms with Crippen molar-refractivity contribution < 1.29 is 27.5 Å². The van der Waals surface area contributed by atoms with Gasteiger partial charge < -0.3 is 9.47 Å². The first-order chi connectivity index (χ1) is 10.5. The van der Waals surface area contributed by atoms with Crippen molar-refractivity contribution in [3.05, 3.63) is 0 Å². The van der Waals surface area contributed by atoms with E-state index in [2.05, 4.69) is 0 Å². The Kier molecular flexibility index (Phi) is 6.55. The van der Waals surface area contributed by atoms with Crippen molar-refractivity contribution in [1.29, 1.82) is 0 Å². The van der Waals surface area contributed by atoms with Gasteiger partial charge in [0.25, 0.3) is 0 Å².